The lowest BCUT2D eigenvalue weighted by Gasteiger charge is -2.44. The van der Waals surface area contributed by atoms with Gasteiger partial charge in [-0.1, -0.05) is 5.16 Å². The first kappa shape index (κ1) is 14.4. The molecule has 0 unspecified atom stereocenters. The van der Waals surface area contributed by atoms with Gasteiger partial charge < -0.3 is 9.42 Å². The van der Waals surface area contributed by atoms with Crippen LogP contribution < -0.4 is 4.90 Å². The van der Waals surface area contributed by atoms with Gasteiger partial charge in [-0.2, -0.15) is 5.10 Å². The fourth-order valence-corrected chi connectivity index (χ4v) is 3.80. The molecule has 0 N–H and O–H groups in total. The van der Waals surface area contributed by atoms with Crippen molar-refractivity contribution >= 4 is 5.82 Å². The van der Waals surface area contributed by atoms with E-state index in [0.717, 1.165) is 55.4 Å². The van der Waals surface area contributed by atoms with Crippen molar-refractivity contribution in [2.75, 3.05) is 25.0 Å². The fourth-order valence-electron chi connectivity index (χ4n) is 3.80. The van der Waals surface area contributed by atoms with Crippen molar-refractivity contribution in [1.29, 1.82) is 0 Å². The summed E-state index contributed by atoms with van der Waals surface area (Å²) in [6.45, 7) is 2.89. The molecule has 0 amide bonds. The molecule has 2 aliphatic carbocycles. The largest absolute Gasteiger partial charge is 0.361 e. The molecule has 0 bridgehead atoms. The van der Waals surface area contributed by atoms with Crippen LogP contribution in [0, 0.1) is 0 Å². The van der Waals surface area contributed by atoms with Crippen LogP contribution in [0.15, 0.2) is 16.7 Å². The highest BCUT2D eigenvalue weighted by atomic mass is 16.5. The second-order valence-corrected chi connectivity index (χ2v) is 7.45. The van der Waals surface area contributed by atoms with Crippen molar-refractivity contribution in [3.63, 3.8) is 0 Å². The van der Waals surface area contributed by atoms with E-state index in [-0.39, 0.29) is 0 Å². The summed E-state index contributed by atoms with van der Waals surface area (Å²) in [7, 11) is 2.18. The van der Waals surface area contributed by atoms with Crippen LogP contribution in [0.4, 0.5) is 5.82 Å². The second kappa shape index (κ2) is 5.55. The van der Waals surface area contributed by atoms with E-state index in [0.29, 0.717) is 12.0 Å². The molecule has 126 valence electrons. The zero-order valence-corrected chi connectivity index (χ0v) is 14.1. The summed E-state index contributed by atoms with van der Waals surface area (Å²) in [5.74, 6) is 2.79. The molecule has 1 saturated heterocycles. The van der Waals surface area contributed by atoms with Gasteiger partial charge in [-0.3, -0.25) is 4.90 Å². The van der Waals surface area contributed by atoms with Crippen molar-refractivity contribution in [3.05, 3.63) is 34.8 Å². The average Bonchev–Trinajstić information content (AvgIpc) is 3.17. The Morgan fingerprint density at radius 2 is 2.08 bits per heavy atom. The topological polar surface area (TPSA) is 58.3 Å². The highest BCUT2D eigenvalue weighted by Gasteiger charge is 2.33. The minimum atomic E-state index is 0.545. The Morgan fingerprint density at radius 3 is 2.83 bits per heavy atom. The molecule has 5 rings (SSSR count). The van der Waals surface area contributed by atoms with Gasteiger partial charge in [-0.15, -0.1) is 5.10 Å². The molecule has 0 aromatic carbocycles. The SMILES string of the molecule is CN(Cc1noc2c1CCC2)C1CN(c2ccc(C3CC3)nn2)C1. The van der Waals surface area contributed by atoms with Crippen molar-refractivity contribution in [1.82, 2.24) is 20.3 Å². The van der Waals surface area contributed by atoms with Crippen molar-refractivity contribution in [2.45, 2.75) is 50.6 Å². The lowest BCUT2D eigenvalue weighted by molar-refractivity contribution is 0.191. The van der Waals surface area contributed by atoms with E-state index in [1.165, 1.54) is 24.8 Å². The van der Waals surface area contributed by atoms with Crippen molar-refractivity contribution in [3.8, 4) is 0 Å². The molecular weight excluding hydrogens is 302 g/mol. The van der Waals surface area contributed by atoms with Gasteiger partial charge in [0, 0.05) is 43.6 Å². The Labute approximate surface area is 141 Å². The molecule has 24 heavy (non-hydrogen) atoms. The van der Waals surface area contributed by atoms with Crippen LogP contribution in [0.2, 0.25) is 0 Å². The van der Waals surface area contributed by atoms with Crippen molar-refractivity contribution in [2.24, 2.45) is 0 Å². The summed E-state index contributed by atoms with van der Waals surface area (Å²) in [6, 6.07) is 4.82. The number of nitrogens with zero attached hydrogens (tertiary/aromatic N) is 5. The Hall–Kier alpha value is -1.95. The predicted octanol–water partition coefficient (Wildman–Crippen LogP) is 2.15. The highest BCUT2D eigenvalue weighted by molar-refractivity contribution is 5.42. The van der Waals surface area contributed by atoms with E-state index in [1.807, 2.05) is 0 Å². The van der Waals surface area contributed by atoms with Gasteiger partial charge in [0.15, 0.2) is 5.82 Å². The monoisotopic (exact) mass is 325 g/mol. The van der Waals surface area contributed by atoms with Crippen LogP contribution in [0.5, 0.6) is 0 Å². The van der Waals surface area contributed by atoms with Crippen LogP contribution in [0.25, 0.3) is 0 Å². The molecule has 0 atom stereocenters. The van der Waals surface area contributed by atoms with Crippen molar-refractivity contribution < 1.29 is 4.52 Å². The van der Waals surface area contributed by atoms with Gasteiger partial charge in [0.2, 0.25) is 0 Å². The van der Waals surface area contributed by atoms with Gasteiger partial charge in [0.25, 0.3) is 0 Å². The Balaban J connectivity index is 1.18. The van der Waals surface area contributed by atoms with E-state index in [1.54, 1.807) is 0 Å². The third-order valence-electron chi connectivity index (χ3n) is 5.66. The summed E-state index contributed by atoms with van der Waals surface area (Å²) in [5, 5.41) is 13.1. The van der Waals surface area contributed by atoms with Crippen LogP contribution in [0.1, 0.15) is 47.9 Å². The van der Waals surface area contributed by atoms with Gasteiger partial charge >= 0.3 is 0 Å². The zero-order valence-electron chi connectivity index (χ0n) is 14.1. The molecule has 2 aromatic heterocycles. The van der Waals surface area contributed by atoms with E-state index in [4.69, 9.17) is 4.52 Å². The summed E-state index contributed by atoms with van der Waals surface area (Å²) in [6.07, 6.45) is 5.94. The molecule has 0 spiro atoms. The van der Waals surface area contributed by atoms with Crippen LogP contribution in [-0.2, 0) is 19.4 Å². The van der Waals surface area contributed by atoms with Crippen LogP contribution in [-0.4, -0.2) is 46.4 Å². The lowest BCUT2D eigenvalue weighted by Crippen LogP contribution is -2.58. The Kier molecular flexibility index (Phi) is 3.33. The maximum absolute atomic E-state index is 5.46. The number of aryl methyl sites for hydroxylation is 1. The van der Waals surface area contributed by atoms with E-state index < -0.39 is 0 Å². The fraction of sp³-hybridized carbons (Fsp3) is 0.611. The summed E-state index contributed by atoms with van der Waals surface area (Å²) < 4.78 is 5.46. The molecule has 6 nitrogen and oxygen atoms in total. The highest BCUT2D eigenvalue weighted by Crippen LogP contribution is 2.39. The molecule has 2 fully saturated rings. The van der Waals surface area contributed by atoms with Gasteiger partial charge in [0.1, 0.15) is 11.5 Å². The first-order chi connectivity index (χ1) is 11.8. The molecular formula is C18H23N5O. The van der Waals surface area contributed by atoms with E-state index >= 15 is 0 Å². The number of aromatic nitrogens is 3. The summed E-state index contributed by atoms with van der Waals surface area (Å²) >= 11 is 0. The standard InChI is InChI=1S/C18H23N5O/c1-22(11-16-14-3-2-4-17(14)24-21-16)13-9-23(10-13)18-8-7-15(19-20-18)12-5-6-12/h7-8,12-13H,2-6,9-11H2,1H3. The molecule has 3 heterocycles. The molecule has 3 aliphatic rings. The van der Waals surface area contributed by atoms with Crippen LogP contribution in [0.3, 0.4) is 0 Å². The molecule has 6 heteroatoms. The summed E-state index contributed by atoms with van der Waals surface area (Å²) in [4.78, 5) is 4.69. The molecule has 0 radical (unpaired) electrons. The third-order valence-corrected chi connectivity index (χ3v) is 5.66. The lowest BCUT2D eigenvalue weighted by atomic mass is 10.1. The first-order valence-electron chi connectivity index (χ1n) is 9.03. The number of rotatable bonds is 5. The van der Waals surface area contributed by atoms with Gasteiger partial charge in [-0.05, 0) is 44.9 Å². The van der Waals surface area contributed by atoms with E-state index in [2.05, 4.69) is 44.3 Å². The second-order valence-electron chi connectivity index (χ2n) is 7.45. The molecule has 2 aromatic rings. The third kappa shape index (κ3) is 2.49. The average molecular weight is 325 g/mol. The smallest absolute Gasteiger partial charge is 0.151 e. The van der Waals surface area contributed by atoms with Crippen LogP contribution >= 0.6 is 0 Å². The molecule has 1 aliphatic heterocycles. The normalized spacial score (nSPS) is 20.5. The zero-order chi connectivity index (χ0) is 16.1. The minimum Gasteiger partial charge on any atom is -0.361 e. The Bertz CT molecular complexity index is 730. The number of likely N-dealkylation sites (N-methyl/N-ethyl adjacent to an activating group) is 1. The Morgan fingerprint density at radius 1 is 1.21 bits per heavy atom. The number of hydrogen-bond donors (Lipinski definition) is 0. The minimum absolute atomic E-state index is 0.545. The van der Waals surface area contributed by atoms with Gasteiger partial charge in [-0.25, -0.2) is 0 Å². The maximum Gasteiger partial charge on any atom is 0.151 e. The predicted molar refractivity (Wildman–Crippen MR) is 90.0 cm³/mol. The quantitative estimate of drug-likeness (QED) is 0.839. The molecule has 1 saturated carbocycles. The first-order valence-corrected chi connectivity index (χ1v) is 9.03. The number of anilines is 1. The van der Waals surface area contributed by atoms with E-state index in [9.17, 15) is 0 Å². The number of fused-ring (bicyclic) bond motifs is 1. The number of hydrogen-bond acceptors (Lipinski definition) is 6. The maximum atomic E-state index is 5.46. The van der Waals surface area contributed by atoms with Gasteiger partial charge in [0.05, 0.1) is 5.69 Å². The summed E-state index contributed by atoms with van der Waals surface area (Å²) in [5.41, 5.74) is 3.66.